The second-order valence-corrected chi connectivity index (χ2v) is 6.53. The van der Waals surface area contributed by atoms with Crippen LogP contribution < -0.4 is 0 Å². The van der Waals surface area contributed by atoms with Gasteiger partial charge in [0.2, 0.25) is 0 Å². The highest BCUT2D eigenvalue weighted by Gasteiger charge is 2.27. The van der Waals surface area contributed by atoms with E-state index in [1.54, 1.807) is 0 Å². The third-order valence-corrected chi connectivity index (χ3v) is 4.25. The van der Waals surface area contributed by atoms with Gasteiger partial charge >= 0.3 is 0 Å². The van der Waals surface area contributed by atoms with Crippen LogP contribution >= 0.6 is 0 Å². The van der Waals surface area contributed by atoms with Crippen LogP contribution in [-0.4, -0.2) is 41.1 Å². The van der Waals surface area contributed by atoms with Crippen molar-refractivity contribution in [1.82, 2.24) is 4.90 Å². The molecule has 1 aliphatic rings. The molecule has 1 amide bonds. The van der Waals surface area contributed by atoms with Crippen LogP contribution in [-0.2, 0) is 27.4 Å². The SMILES string of the molecule is CC(=O)O.O=C([C@H](Cc1ccccc1)OCc1ccccc1)N1CCCC1. The first-order chi connectivity index (χ1) is 13.1. The summed E-state index contributed by atoms with van der Waals surface area (Å²) in [5, 5.41) is 7.42. The zero-order chi connectivity index (χ0) is 19.5. The Morgan fingerprint density at radius 2 is 1.44 bits per heavy atom. The van der Waals surface area contributed by atoms with Crippen molar-refractivity contribution in [3.05, 3.63) is 71.8 Å². The lowest BCUT2D eigenvalue weighted by Crippen LogP contribution is -2.39. The maximum atomic E-state index is 12.8. The molecular formula is C22H27NO4. The van der Waals surface area contributed by atoms with Crippen LogP contribution in [0.5, 0.6) is 0 Å². The lowest BCUT2D eigenvalue weighted by Gasteiger charge is -2.23. The van der Waals surface area contributed by atoms with E-state index in [0.29, 0.717) is 13.0 Å². The first kappa shape index (κ1) is 20.6. The van der Waals surface area contributed by atoms with E-state index in [4.69, 9.17) is 14.6 Å². The average Bonchev–Trinajstić information content (AvgIpc) is 3.20. The van der Waals surface area contributed by atoms with Gasteiger partial charge in [-0.2, -0.15) is 0 Å². The zero-order valence-electron chi connectivity index (χ0n) is 15.7. The molecule has 0 unspecified atom stereocenters. The number of benzene rings is 2. The smallest absolute Gasteiger partial charge is 0.300 e. The minimum absolute atomic E-state index is 0.127. The number of carbonyl (C=O) groups excluding carboxylic acids is 1. The molecule has 0 aliphatic carbocycles. The van der Waals surface area contributed by atoms with Gasteiger partial charge in [0.1, 0.15) is 6.10 Å². The summed E-state index contributed by atoms with van der Waals surface area (Å²) in [6, 6.07) is 20.1. The Bertz CT molecular complexity index is 693. The molecular weight excluding hydrogens is 342 g/mol. The summed E-state index contributed by atoms with van der Waals surface area (Å²) in [5.74, 6) is -0.706. The molecule has 0 aromatic heterocycles. The van der Waals surface area contributed by atoms with Gasteiger partial charge in [0, 0.05) is 26.4 Å². The van der Waals surface area contributed by atoms with Crippen LogP contribution in [0.15, 0.2) is 60.7 Å². The molecule has 5 nitrogen and oxygen atoms in total. The second kappa shape index (κ2) is 11.1. The first-order valence-corrected chi connectivity index (χ1v) is 9.24. The number of ether oxygens (including phenoxy) is 1. The number of nitrogens with zero attached hydrogens (tertiary/aromatic N) is 1. The van der Waals surface area contributed by atoms with E-state index < -0.39 is 12.1 Å². The van der Waals surface area contributed by atoms with Gasteiger partial charge in [-0.25, -0.2) is 0 Å². The highest BCUT2D eigenvalue weighted by atomic mass is 16.5. The van der Waals surface area contributed by atoms with E-state index in [0.717, 1.165) is 44.0 Å². The number of amides is 1. The van der Waals surface area contributed by atoms with Crippen molar-refractivity contribution < 1.29 is 19.4 Å². The molecule has 2 aromatic rings. The topological polar surface area (TPSA) is 66.8 Å². The Morgan fingerprint density at radius 1 is 0.963 bits per heavy atom. The van der Waals surface area contributed by atoms with E-state index >= 15 is 0 Å². The lowest BCUT2D eigenvalue weighted by atomic mass is 10.1. The van der Waals surface area contributed by atoms with Gasteiger partial charge in [-0.15, -0.1) is 0 Å². The normalized spacial score (nSPS) is 14.2. The van der Waals surface area contributed by atoms with E-state index in [9.17, 15) is 4.79 Å². The number of likely N-dealkylation sites (tertiary alicyclic amines) is 1. The van der Waals surface area contributed by atoms with Crippen LogP contribution in [0.4, 0.5) is 0 Å². The number of hydrogen-bond donors (Lipinski definition) is 1. The van der Waals surface area contributed by atoms with Gasteiger partial charge in [0.15, 0.2) is 0 Å². The van der Waals surface area contributed by atoms with E-state index in [1.165, 1.54) is 0 Å². The van der Waals surface area contributed by atoms with Crippen LogP contribution in [0, 0.1) is 0 Å². The van der Waals surface area contributed by atoms with E-state index in [1.807, 2.05) is 53.4 Å². The molecule has 0 bridgehead atoms. The molecule has 0 spiro atoms. The molecule has 1 atom stereocenters. The third kappa shape index (κ3) is 7.62. The largest absolute Gasteiger partial charge is 0.481 e. The third-order valence-electron chi connectivity index (χ3n) is 4.25. The molecule has 1 N–H and O–H groups in total. The number of hydrogen-bond acceptors (Lipinski definition) is 3. The molecule has 3 rings (SSSR count). The van der Waals surface area contributed by atoms with Crippen LogP contribution in [0.25, 0.3) is 0 Å². The number of carbonyl (C=O) groups is 2. The Kier molecular flexibility index (Phi) is 8.52. The fourth-order valence-corrected chi connectivity index (χ4v) is 2.96. The lowest BCUT2D eigenvalue weighted by molar-refractivity contribution is -0.143. The molecule has 144 valence electrons. The molecule has 0 saturated carbocycles. The van der Waals surface area contributed by atoms with Gasteiger partial charge < -0.3 is 14.7 Å². The van der Waals surface area contributed by atoms with E-state index in [2.05, 4.69) is 12.1 Å². The van der Waals surface area contributed by atoms with Crippen molar-refractivity contribution in [2.45, 2.75) is 38.9 Å². The quantitative estimate of drug-likeness (QED) is 0.846. The van der Waals surface area contributed by atoms with Crippen LogP contribution in [0.1, 0.15) is 30.9 Å². The fraction of sp³-hybridized carbons (Fsp3) is 0.364. The van der Waals surface area contributed by atoms with Crippen LogP contribution in [0.2, 0.25) is 0 Å². The Hall–Kier alpha value is -2.66. The molecule has 1 fully saturated rings. The maximum absolute atomic E-state index is 12.8. The predicted octanol–water partition coefficient (Wildman–Crippen LogP) is 3.53. The maximum Gasteiger partial charge on any atom is 0.300 e. The van der Waals surface area contributed by atoms with Gasteiger partial charge in [-0.3, -0.25) is 9.59 Å². The molecule has 1 heterocycles. The monoisotopic (exact) mass is 369 g/mol. The summed E-state index contributed by atoms with van der Waals surface area (Å²) >= 11 is 0. The Balaban J connectivity index is 0.000000596. The number of carboxylic acids is 1. The van der Waals surface area contributed by atoms with Crippen LogP contribution in [0.3, 0.4) is 0 Å². The molecule has 27 heavy (non-hydrogen) atoms. The standard InChI is InChI=1S/C20H23NO2.C2H4O2/c22-20(21-13-7-8-14-21)19(15-17-9-3-1-4-10-17)23-16-18-11-5-2-6-12-18;1-2(3)4/h1-6,9-12,19H,7-8,13-16H2;1H3,(H,3,4)/t19-;/m0./s1. The van der Waals surface area contributed by atoms with Gasteiger partial charge in [0.05, 0.1) is 6.61 Å². The summed E-state index contributed by atoms with van der Waals surface area (Å²) in [6.45, 7) is 3.27. The van der Waals surface area contributed by atoms with Gasteiger partial charge in [-0.05, 0) is 24.0 Å². The molecule has 0 radical (unpaired) electrons. The van der Waals surface area contributed by atoms with Crippen molar-refractivity contribution in [3.8, 4) is 0 Å². The summed E-state index contributed by atoms with van der Waals surface area (Å²) in [6.07, 6.45) is 2.42. The van der Waals surface area contributed by atoms with Gasteiger partial charge in [0.25, 0.3) is 11.9 Å². The minimum atomic E-state index is -0.833. The fourth-order valence-electron chi connectivity index (χ4n) is 2.96. The number of carboxylic acid groups (broad SMARTS) is 1. The molecule has 1 saturated heterocycles. The van der Waals surface area contributed by atoms with Crippen molar-refractivity contribution in [1.29, 1.82) is 0 Å². The van der Waals surface area contributed by atoms with E-state index in [-0.39, 0.29) is 5.91 Å². The Labute approximate surface area is 160 Å². The molecule has 5 heteroatoms. The van der Waals surface area contributed by atoms with Crippen molar-refractivity contribution in [2.75, 3.05) is 13.1 Å². The van der Waals surface area contributed by atoms with Crippen molar-refractivity contribution >= 4 is 11.9 Å². The second-order valence-electron chi connectivity index (χ2n) is 6.53. The summed E-state index contributed by atoms with van der Waals surface area (Å²) in [5.41, 5.74) is 2.23. The zero-order valence-corrected chi connectivity index (χ0v) is 15.7. The molecule has 2 aromatic carbocycles. The summed E-state index contributed by atoms with van der Waals surface area (Å²) in [4.78, 5) is 23.7. The predicted molar refractivity (Wildman–Crippen MR) is 104 cm³/mol. The Morgan fingerprint density at radius 3 is 1.96 bits per heavy atom. The first-order valence-electron chi connectivity index (χ1n) is 9.24. The van der Waals surface area contributed by atoms with Crippen molar-refractivity contribution in [2.24, 2.45) is 0 Å². The average molecular weight is 369 g/mol. The number of rotatable bonds is 6. The number of aliphatic carboxylic acids is 1. The molecule has 1 aliphatic heterocycles. The van der Waals surface area contributed by atoms with Crippen molar-refractivity contribution in [3.63, 3.8) is 0 Å². The highest BCUT2D eigenvalue weighted by Crippen LogP contribution is 2.15. The minimum Gasteiger partial charge on any atom is -0.481 e. The van der Waals surface area contributed by atoms with Gasteiger partial charge in [-0.1, -0.05) is 60.7 Å². The summed E-state index contributed by atoms with van der Waals surface area (Å²) in [7, 11) is 0. The highest BCUT2D eigenvalue weighted by molar-refractivity contribution is 5.81. The summed E-state index contributed by atoms with van der Waals surface area (Å²) < 4.78 is 6.02.